The molecule has 0 spiro atoms. The number of aromatic nitrogens is 2. The topological polar surface area (TPSA) is 127 Å². The summed E-state index contributed by atoms with van der Waals surface area (Å²) in [6, 6.07) is 13.5. The van der Waals surface area contributed by atoms with Crippen molar-refractivity contribution in [1.82, 2.24) is 9.97 Å². The van der Waals surface area contributed by atoms with Gasteiger partial charge >= 0.3 is 0 Å². The Morgan fingerprint density at radius 1 is 0.756 bits per heavy atom. The van der Waals surface area contributed by atoms with E-state index in [1.54, 1.807) is 39.0 Å². The average Bonchev–Trinajstić information content (AvgIpc) is 2.94. The number of nitro groups is 1. The van der Waals surface area contributed by atoms with Crippen LogP contribution in [0.25, 0.3) is 22.5 Å². The summed E-state index contributed by atoms with van der Waals surface area (Å²) in [6.45, 7) is 10.5. The highest BCUT2D eigenvalue weighted by atomic mass is 79.9. The van der Waals surface area contributed by atoms with Crippen LogP contribution in [-0.4, -0.2) is 26.7 Å². The van der Waals surface area contributed by atoms with Crippen LogP contribution in [-0.2, 0) is 9.59 Å². The van der Waals surface area contributed by atoms with Gasteiger partial charge in [0.15, 0.2) is 0 Å². The molecule has 0 bridgehead atoms. The molecule has 0 saturated carbocycles. The Bertz CT molecular complexity index is 1750. The first-order valence-corrected chi connectivity index (χ1v) is 15.1. The first kappa shape index (κ1) is 35.4. The Labute approximate surface area is 276 Å². The van der Waals surface area contributed by atoms with E-state index in [1.165, 1.54) is 48.8 Å². The molecule has 0 unspecified atom stereocenters. The van der Waals surface area contributed by atoms with Gasteiger partial charge in [-0.3, -0.25) is 29.7 Å². The van der Waals surface area contributed by atoms with E-state index in [0.29, 0.717) is 15.7 Å². The van der Waals surface area contributed by atoms with Crippen molar-refractivity contribution in [2.24, 2.45) is 10.8 Å². The number of carbonyl (C=O) groups excluding carboxylic acids is 2. The Kier molecular flexibility index (Phi) is 11.3. The van der Waals surface area contributed by atoms with Crippen LogP contribution in [0.1, 0.15) is 41.5 Å². The molecule has 9 nitrogen and oxygen atoms in total. The molecule has 45 heavy (non-hydrogen) atoms. The van der Waals surface area contributed by atoms with Crippen molar-refractivity contribution in [3.05, 3.63) is 97.7 Å². The van der Waals surface area contributed by atoms with Gasteiger partial charge < -0.3 is 10.6 Å². The Balaban J connectivity index is 0.000000248. The van der Waals surface area contributed by atoms with Gasteiger partial charge in [-0.25, -0.2) is 8.78 Å². The lowest BCUT2D eigenvalue weighted by atomic mass is 9.95. The molecule has 0 fully saturated rings. The first-order valence-electron chi connectivity index (χ1n) is 13.5. The molecular formula is C32H31Br2F2N5O4. The summed E-state index contributed by atoms with van der Waals surface area (Å²) in [5.74, 6) is -1.63. The lowest BCUT2D eigenvalue weighted by molar-refractivity contribution is -0.384. The molecule has 236 valence electrons. The predicted molar refractivity (Wildman–Crippen MR) is 177 cm³/mol. The summed E-state index contributed by atoms with van der Waals surface area (Å²) in [6.07, 6.45) is 2.90. The number of amides is 2. The zero-order chi connectivity index (χ0) is 33.7. The van der Waals surface area contributed by atoms with Crippen LogP contribution >= 0.6 is 31.9 Å². The molecular weight excluding hydrogens is 716 g/mol. The van der Waals surface area contributed by atoms with Gasteiger partial charge in [-0.2, -0.15) is 0 Å². The maximum Gasteiger partial charge on any atom is 0.294 e. The Hall–Kier alpha value is -4.10. The van der Waals surface area contributed by atoms with Crippen molar-refractivity contribution in [3.8, 4) is 22.5 Å². The van der Waals surface area contributed by atoms with Crippen molar-refractivity contribution in [2.75, 3.05) is 10.6 Å². The van der Waals surface area contributed by atoms with Crippen LogP contribution in [0.4, 0.5) is 25.8 Å². The van der Waals surface area contributed by atoms with Gasteiger partial charge in [0.25, 0.3) is 5.69 Å². The van der Waals surface area contributed by atoms with E-state index >= 15 is 0 Å². The number of nitrogens with zero attached hydrogens (tertiary/aromatic N) is 3. The summed E-state index contributed by atoms with van der Waals surface area (Å²) in [4.78, 5) is 43.2. The third-order valence-electron chi connectivity index (χ3n) is 6.14. The van der Waals surface area contributed by atoms with Gasteiger partial charge in [-0.1, -0.05) is 73.4 Å². The summed E-state index contributed by atoms with van der Waals surface area (Å²) in [5.41, 5.74) is -0.395. The number of hydrogen-bond donors (Lipinski definition) is 2. The zero-order valence-electron chi connectivity index (χ0n) is 25.3. The van der Waals surface area contributed by atoms with E-state index < -0.39 is 33.3 Å². The fraction of sp³-hybridized carbons (Fsp3) is 0.250. The van der Waals surface area contributed by atoms with E-state index in [1.807, 2.05) is 20.8 Å². The van der Waals surface area contributed by atoms with Crippen molar-refractivity contribution in [1.29, 1.82) is 0 Å². The largest absolute Gasteiger partial charge is 0.325 e. The van der Waals surface area contributed by atoms with E-state index in [9.17, 15) is 28.5 Å². The molecule has 0 aliphatic rings. The van der Waals surface area contributed by atoms with Gasteiger partial charge in [-0.15, -0.1) is 0 Å². The fourth-order valence-corrected chi connectivity index (χ4v) is 4.46. The molecule has 2 aromatic heterocycles. The van der Waals surface area contributed by atoms with Gasteiger partial charge in [0, 0.05) is 49.4 Å². The molecule has 0 saturated heterocycles. The second kappa shape index (κ2) is 14.3. The number of carbonyl (C=O) groups is 2. The zero-order valence-corrected chi connectivity index (χ0v) is 28.5. The van der Waals surface area contributed by atoms with E-state index in [0.717, 1.165) is 4.47 Å². The van der Waals surface area contributed by atoms with Gasteiger partial charge in [-0.05, 0) is 48.5 Å². The maximum absolute atomic E-state index is 14.1. The number of nitro benzene ring substituents is 1. The molecule has 13 heteroatoms. The van der Waals surface area contributed by atoms with E-state index in [-0.39, 0.29) is 34.2 Å². The fourth-order valence-electron chi connectivity index (χ4n) is 3.65. The number of benzene rings is 2. The summed E-state index contributed by atoms with van der Waals surface area (Å²) in [5, 5.41) is 16.8. The average molecular weight is 747 g/mol. The second-order valence-corrected chi connectivity index (χ2v) is 13.7. The number of rotatable bonds is 5. The second-order valence-electron chi connectivity index (χ2n) is 11.9. The van der Waals surface area contributed by atoms with Gasteiger partial charge in [0.1, 0.15) is 28.7 Å². The molecule has 0 aliphatic heterocycles. The third-order valence-corrected chi connectivity index (χ3v) is 7.09. The molecule has 0 aliphatic carbocycles. The number of halogens is 4. The smallest absolute Gasteiger partial charge is 0.294 e. The molecule has 0 radical (unpaired) electrons. The SMILES string of the molecule is CC(C)(C)C(=O)Nc1c(-c2ncccc2F)cc(Br)cc1[N+](=O)[O-].CC(C)(C)C(=O)Nc1ccc(Br)cc1-c1ncccc1F. The van der Waals surface area contributed by atoms with Crippen molar-refractivity contribution in [2.45, 2.75) is 41.5 Å². The first-order chi connectivity index (χ1) is 20.9. The molecule has 4 rings (SSSR count). The monoisotopic (exact) mass is 745 g/mol. The maximum atomic E-state index is 14.1. The lowest BCUT2D eigenvalue weighted by Gasteiger charge is -2.19. The minimum Gasteiger partial charge on any atom is -0.325 e. The van der Waals surface area contributed by atoms with Gasteiger partial charge in [0.2, 0.25) is 11.8 Å². The third kappa shape index (κ3) is 9.21. The molecule has 2 heterocycles. The highest BCUT2D eigenvalue weighted by Gasteiger charge is 2.29. The van der Waals surface area contributed by atoms with Crippen LogP contribution < -0.4 is 10.6 Å². The van der Waals surface area contributed by atoms with Gasteiger partial charge in [0.05, 0.1) is 10.6 Å². The van der Waals surface area contributed by atoms with Crippen LogP contribution in [0, 0.1) is 32.6 Å². The van der Waals surface area contributed by atoms with Crippen LogP contribution in [0.15, 0.2) is 75.9 Å². The molecule has 4 aromatic rings. The van der Waals surface area contributed by atoms with Crippen molar-refractivity contribution < 1.29 is 23.3 Å². The number of anilines is 2. The minimum atomic E-state index is -0.777. The molecule has 2 amide bonds. The Morgan fingerprint density at radius 3 is 1.73 bits per heavy atom. The lowest BCUT2D eigenvalue weighted by Crippen LogP contribution is -2.28. The summed E-state index contributed by atoms with van der Waals surface area (Å²) >= 11 is 6.54. The van der Waals surface area contributed by atoms with Crippen molar-refractivity contribution in [3.63, 3.8) is 0 Å². The minimum absolute atomic E-state index is 0.0777. The predicted octanol–water partition coefficient (Wildman–Crippen LogP) is 9.18. The van der Waals surface area contributed by atoms with E-state index in [4.69, 9.17) is 0 Å². The van der Waals surface area contributed by atoms with Crippen LogP contribution in [0.2, 0.25) is 0 Å². The molecule has 2 N–H and O–H groups in total. The van der Waals surface area contributed by atoms with E-state index in [2.05, 4.69) is 52.5 Å². The van der Waals surface area contributed by atoms with Crippen molar-refractivity contribution >= 4 is 60.7 Å². The highest BCUT2D eigenvalue weighted by molar-refractivity contribution is 9.10. The molecule has 0 atom stereocenters. The number of nitrogens with one attached hydrogen (secondary N) is 2. The Morgan fingerprint density at radius 2 is 1.24 bits per heavy atom. The summed E-state index contributed by atoms with van der Waals surface area (Å²) < 4.78 is 29.3. The summed E-state index contributed by atoms with van der Waals surface area (Å²) in [7, 11) is 0. The standard InChI is InChI=1S/C16H15BrFN3O3.C16H16BrFN2O/c1-16(2,3)15(22)20-14-10(13-11(18)5-4-6-19-13)7-9(17)8-12(14)21(23)24;1-16(2,3)15(21)20-13-7-6-10(17)9-11(13)14-12(18)5-4-8-19-14/h4-8H,1-3H3,(H,20,22);4-9H,1-3H3,(H,20,21). The highest BCUT2D eigenvalue weighted by Crippen LogP contribution is 2.39. The van der Waals surface area contributed by atoms with Crippen LogP contribution in [0.5, 0.6) is 0 Å². The quantitative estimate of drug-likeness (QED) is 0.155. The number of pyridine rings is 2. The number of hydrogen-bond acceptors (Lipinski definition) is 6. The normalized spacial score (nSPS) is 11.2. The van der Waals surface area contributed by atoms with Crippen LogP contribution in [0.3, 0.4) is 0 Å². The molecule has 2 aromatic carbocycles.